The highest BCUT2D eigenvalue weighted by Crippen LogP contribution is 2.27. The van der Waals surface area contributed by atoms with Crippen LogP contribution < -0.4 is 5.48 Å². The van der Waals surface area contributed by atoms with Gasteiger partial charge in [0.05, 0.1) is 11.6 Å². The lowest BCUT2D eigenvalue weighted by Gasteiger charge is -2.05. The smallest absolute Gasteiger partial charge is 0.129 e. The zero-order valence-electron chi connectivity index (χ0n) is 5.94. The van der Waals surface area contributed by atoms with E-state index in [0.29, 0.717) is 4.47 Å². The number of nitrogens with one attached hydrogen (secondary N) is 1. The van der Waals surface area contributed by atoms with Crippen LogP contribution in [-0.2, 0) is 6.54 Å². The minimum absolute atomic E-state index is 0.00981. The van der Waals surface area contributed by atoms with Crippen molar-refractivity contribution in [3.05, 3.63) is 33.0 Å². The summed E-state index contributed by atoms with van der Waals surface area (Å²) in [5.41, 5.74) is 2.09. The van der Waals surface area contributed by atoms with Crippen LogP contribution in [0.1, 0.15) is 5.56 Å². The summed E-state index contributed by atoms with van der Waals surface area (Å²) >= 11 is 8.88. The molecule has 0 aliphatic heterocycles. The molecule has 1 aromatic rings. The summed E-state index contributed by atoms with van der Waals surface area (Å²) in [5.74, 6) is -0.440. The van der Waals surface area contributed by atoms with Gasteiger partial charge in [-0.2, -0.15) is 0 Å². The molecule has 0 saturated heterocycles. The van der Waals surface area contributed by atoms with E-state index in [2.05, 4.69) is 15.9 Å². The zero-order chi connectivity index (χ0) is 9.14. The van der Waals surface area contributed by atoms with E-state index in [1.807, 2.05) is 5.48 Å². The predicted octanol–water partition coefficient (Wildman–Crippen LogP) is 2.72. The monoisotopic (exact) mass is 253 g/mol. The molecule has 2 N–H and O–H groups in total. The molecule has 0 aliphatic carbocycles. The Labute approximate surface area is 82.4 Å². The minimum Gasteiger partial charge on any atom is -0.316 e. The fourth-order valence-electron chi connectivity index (χ4n) is 0.810. The van der Waals surface area contributed by atoms with Crippen molar-refractivity contribution in [1.82, 2.24) is 5.48 Å². The van der Waals surface area contributed by atoms with Crippen LogP contribution >= 0.6 is 27.5 Å². The Hall–Kier alpha value is -0.160. The Kier molecular flexibility index (Phi) is 3.46. The second-order valence-electron chi connectivity index (χ2n) is 2.16. The minimum atomic E-state index is -0.440. The molecule has 1 rings (SSSR count). The third-order valence-corrected chi connectivity index (χ3v) is 2.72. The van der Waals surface area contributed by atoms with Gasteiger partial charge in [0.25, 0.3) is 0 Å². The van der Waals surface area contributed by atoms with Gasteiger partial charge in [-0.05, 0) is 28.1 Å². The molecule has 2 nitrogen and oxygen atoms in total. The van der Waals surface area contributed by atoms with Crippen molar-refractivity contribution < 1.29 is 9.60 Å². The summed E-state index contributed by atoms with van der Waals surface area (Å²) in [6, 6.07) is 2.79. The Balaban J connectivity index is 3.14. The van der Waals surface area contributed by atoms with E-state index in [9.17, 15) is 4.39 Å². The standard InChI is InChI=1S/C7H6BrClFNO/c8-5-1-2-6(10)4(3-11-12)7(5)9/h1-2,11-12H,3H2. The number of hydroxylamine groups is 1. The summed E-state index contributed by atoms with van der Waals surface area (Å²) in [4.78, 5) is 0. The third kappa shape index (κ3) is 1.95. The molecule has 0 saturated carbocycles. The molecule has 1 aromatic carbocycles. The van der Waals surface area contributed by atoms with E-state index in [4.69, 9.17) is 16.8 Å². The van der Waals surface area contributed by atoms with Crippen molar-refractivity contribution in [1.29, 1.82) is 0 Å². The van der Waals surface area contributed by atoms with Gasteiger partial charge in [-0.1, -0.05) is 11.6 Å². The van der Waals surface area contributed by atoms with Crippen molar-refractivity contribution in [3.8, 4) is 0 Å². The first-order valence-corrected chi connectivity index (χ1v) is 4.33. The van der Waals surface area contributed by atoms with E-state index in [1.165, 1.54) is 12.1 Å². The molecule has 0 spiro atoms. The van der Waals surface area contributed by atoms with Gasteiger partial charge >= 0.3 is 0 Å². The number of halogens is 3. The molecule has 66 valence electrons. The molecule has 0 aromatic heterocycles. The van der Waals surface area contributed by atoms with Crippen molar-refractivity contribution in [3.63, 3.8) is 0 Å². The third-order valence-electron chi connectivity index (χ3n) is 1.39. The highest BCUT2D eigenvalue weighted by Gasteiger charge is 2.09. The number of rotatable bonds is 2. The van der Waals surface area contributed by atoms with Crippen molar-refractivity contribution >= 4 is 27.5 Å². The summed E-state index contributed by atoms with van der Waals surface area (Å²) in [5, 5.41) is 8.64. The molecule has 12 heavy (non-hydrogen) atoms. The Morgan fingerprint density at radius 3 is 2.83 bits per heavy atom. The van der Waals surface area contributed by atoms with Crippen LogP contribution in [0.5, 0.6) is 0 Å². The first-order valence-electron chi connectivity index (χ1n) is 3.16. The van der Waals surface area contributed by atoms with Gasteiger partial charge in [-0.3, -0.25) is 0 Å². The molecule has 0 bridgehead atoms. The van der Waals surface area contributed by atoms with Gasteiger partial charge in [0.15, 0.2) is 0 Å². The summed E-state index contributed by atoms with van der Waals surface area (Å²) in [7, 11) is 0. The first kappa shape index (κ1) is 9.92. The molecule has 5 heteroatoms. The largest absolute Gasteiger partial charge is 0.316 e. The summed E-state index contributed by atoms with van der Waals surface area (Å²) in [6.07, 6.45) is 0. The van der Waals surface area contributed by atoms with Crippen molar-refractivity contribution in [2.45, 2.75) is 6.54 Å². The lowest BCUT2D eigenvalue weighted by atomic mass is 10.2. The van der Waals surface area contributed by atoms with Crippen LogP contribution in [0.25, 0.3) is 0 Å². The summed E-state index contributed by atoms with van der Waals surface area (Å²) in [6.45, 7) is -0.00981. The lowest BCUT2D eigenvalue weighted by molar-refractivity contribution is 0.160. The number of hydrogen-bond acceptors (Lipinski definition) is 2. The van der Waals surface area contributed by atoms with Gasteiger partial charge in [0.1, 0.15) is 5.82 Å². The van der Waals surface area contributed by atoms with Crippen LogP contribution in [0.3, 0.4) is 0 Å². The summed E-state index contributed by atoms with van der Waals surface area (Å²) < 4.78 is 13.6. The Morgan fingerprint density at radius 1 is 1.58 bits per heavy atom. The molecule has 0 unspecified atom stereocenters. The lowest BCUT2D eigenvalue weighted by Crippen LogP contribution is -2.08. The molecular weight excluding hydrogens is 248 g/mol. The Morgan fingerprint density at radius 2 is 2.25 bits per heavy atom. The van der Waals surface area contributed by atoms with Crippen LogP contribution in [-0.4, -0.2) is 5.21 Å². The maximum absolute atomic E-state index is 13.0. The van der Waals surface area contributed by atoms with Crippen molar-refractivity contribution in [2.24, 2.45) is 0 Å². The van der Waals surface area contributed by atoms with Gasteiger partial charge in [0, 0.05) is 10.0 Å². The number of hydrogen-bond donors (Lipinski definition) is 2. The van der Waals surface area contributed by atoms with E-state index >= 15 is 0 Å². The molecule has 0 heterocycles. The van der Waals surface area contributed by atoms with Gasteiger partial charge in [-0.25, -0.2) is 9.87 Å². The average molecular weight is 254 g/mol. The van der Waals surface area contributed by atoms with Gasteiger partial charge in [0.2, 0.25) is 0 Å². The maximum Gasteiger partial charge on any atom is 0.129 e. The highest BCUT2D eigenvalue weighted by atomic mass is 79.9. The first-order chi connectivity index (χ1) is 5.66. The molecule has 0 atom stereocenters. The SMILES string of the molecule is ONCc1c(F)ccc(Br)c1Cl. The van der Waals surface area contributed by atoms with E-state index < -0.39 is 5.82 Å². The maximum atomic E-state index is 13.0. The van der Waals surface area contributed by atoms with Gasteiger partial charge in [-0.15, -0.1) is 0 Å². The normalized spacial score (nSPS) is 10.3. The van der Waals surface area contributed by atoms with Crippen LogP contribution in [0.15, 0.2) is 16.6 Å². The van der Waals surface area contributed by atoms with E-state index in [1.54, 1.807) is 0 Å². The zero-order valence-corrected chi connectivity index (χ0v) is 8.28. The molecule has 0 amide bonds. The van der Waals surface area contributed by atoms with Crippen molar-refractivity contribution in [2.75, 3.05) is 0 Å². The van der Waals surface area contributed by atoms with E-state index in [0.717, 1.165) is 0 Å². The molecule has 0 aliphatic rings. The molecule has 0 radical (unpaired) electrons. The van der Waals surface area contributed by atoms with Gasteiger partial charge < -0.3 is 5.21 Å². The second kappa shape index (κ2) is 4.18. The topological polar surface area (TPSA) is 32.3 Å². The molecule has 0 fully saturated rings. The van der Waals surface area contributed by atoms with Crippen LogP contribution in [0, 0.1) is 5.82 Å². The average Bonchev–Trinajstić information content (AvgIpc) is 2.06. The van der Waals surface area contributed by atoms with E-state index in [-0.39, 0.29) is 17.1 Å². The molecular formula is C7H6BrClFNO. The van der Waals surface area contributed by atoms with Crippen LogP contribution in [0.2, 0.25) is 5.02 Å². The predicted molar refractivity (Wildman–Crippen MR) is 47.7 cm³/mol. The fourth-order valence-corrected chi connectivity index (χ4v) is 1.40. The quantitative estimate of drug-likeness (QED) is 0.628. The number of benzene rings is 1. The highest BCUT2D eigenvalue weighted by molar-refractivity contribution is 9.10. The Bertz CT molecular complexity index is 295. The van der Waals surface area contributed by atoms with Crippen LogP contribution in [0.4, 0.5) is 4.39 Å². The second-order valence-corrected chi connectivity index (χ2v) is 3.39. The fraction of sp³-hybridized carbons (Fsp3) is 0.143.